The number of hydrogen-bond donors (Lipinski definition) is 1. The topological polar surface area (TPSA) is 74.2 Å². The minimum Gasteiger partial charge on any atom is -0.352 e. The van der Waals surface area contributed by atoms with Gasteiger partial charge in [-0.25, -0.2) is 4.98 Å². The van der Waals surface area contributed by atoms with Crippen LogP contribution < -0.4 is 10.2 Å². The highest BCUT2D eigenvalue weighted by atomic mass is 35.5. The zero-order chi connectivity index (χ0) is 19.5. The first-order valence-electron chi connectivity index (χ1n) is 8.92. The number of nitrogens with one attached hydrogen (secondary N) is 1. The SMILES string of the molecule is Cc1cccc(Nc2ccc(N3CCN(C(=O)c4ccc(Cl)s4)CC3)nn2)n1. The van der Waals surface area contributed by atoms with Crippen molar-refractivity contribution in [1.29, 1.82) is 0 Å². The van der Waals surface area contributed by atoms with Crippen molar-refractivity contribution < 1.29 is 4.79 Å². The van der Waals surface area contributed by atoms with Gasteiger partial charge in [0, 0.05) is 31.9 Å². The number of aryl methyl sites for hydroxylation is 1. The van der Waals surface area contributed by atoms with Crippen LogP contribution in [-0.2, 0) is 0 Å². The summed E-state index contributed by atoms with van der Waals surface area (Å²) in [5.41, 5.74) is 0.937. The first kappa shape index (κ1) is 18.6. The average Bonchev–Trinajstić information content (AvgIpc) is 3.15. The summed E-state index contributed by atoms with van der Waals surface area (Å²) in [7, 11) is 0. The molecule has 1 amide bonds. The van der Waals surface area contributed by atoms with Gasteiger partial charge < -0.3 is 15.1 Å². The molecule has 0 atom stereocenters. The Labute approximate surface area is 172 Å². The van der Waals surface area contributed by atoms with Gasteiger partial charge in [0.15, 0.2) is 11.6 Å². The van der Waals surface area contributed by atoms with Crippen LogP contribution in [0.25, 0.3) is 0 Å². The van der Waals surface area contributed by atoms with Gasteiger partial charge >= 0.3 is 0 Å². The predicted molar refractivity (Wildman–Crippen MR) is 112 cm³/mol. The van der Waals surface area contributed by atoms with Crippen molar-refractivity contribution in [3.8, 4) is 0 Å². The molecular weight excluding hydrogens is 396 g/mol. The third-order valence-electron chi connectivity index (χ3n) is 4.47. The molecule has 1 aliphatic heterocycles. The third kappa shape index (κ3) is 4.23. The Morgan fingerprint density at radius 2 is 1.86 bits per heavy atom. The Bertz CT molecular complexity index is 969. The molecule has 0 aliphatic carbocycles. The van der Waals surface area contributed by atoms with Crippen molar-refractivity contribution in [3.05, 3.63) is 57.4 Å². The van der Waals surface area contributed by atoms with Crippen molar-refractivity contribution in [3.63, 3.8) is 0 Å². The Morgan fingerprint density at radius 3 is 2.50 bits per heavy atom. The largest absolute Gasteiger partial charge is 0.352 e. The van der Waals surface area contributed by atoms with E-state index in [2.05, 4.69) is 25.4 Å². The predicted octanol–water partition coefficient (Wildman–Crippen LogP) is 3.60. The zero-order valence-corrected chi connectivity index (χ0v) is 16.9. The maximum absolute atomic E-state index is 12.5. The number of amides is 1. The molecule has 1 saturated heterocycles. The van der Waals surface area contributed by atoms with Gasteiger partial charge in [0.25, 0.3) is 5.91 Å². The van der Waals surface area contributed by atoms with Crippen LogP contribution in [-0.4, -0.2) is 52.2 Å². The van der Waals surface area contributed by atoms with Gasteiger partial charge in [-0.05, 0) is 43.3 Å². The normalized spacial score (nSPS) is 14.2. The van der Waals surface area contributed by atoms with Gasteiger partial charge in [0.1, 0.15) is 5.82 Å². The van der Waals surface area contributed by atoms with E-state index in [-0.39, 0.29) is 5.91 Å². The first-order chi connectivity index (χ1) is 13.6. The highest BCUT2D eigenvalue weighted by Gasteiger charge is 2.24. The average molecular weight is 415 g/mol. The maximum atomic E-state index is 12.5. The molecule has 28 heavy (non-hydrogen) atoms. The van der Waals surface area contributed by atoms with Crippen LogP contribution in [0.2, 0.25) is 4.34 Å². The number of piperazine rings is 1. The molecule has 0 radical (unpaired) electrons. The van der Waals surface area contributed by atoms with E-state index in [9.17, 15) is 4.79 Å². The fourth-order valence-corrected chi connectivity index (χ4v) is 4.04. The number of pyridine rings is 1. The molecule has 0 bridgehead atoms. The van der Waals surface area contributed by atoms with Crippen LogP contribution in [0.5, 0.6) is 0 Å². The maximum Gasteiger partial charge on any atom is 0.264 e. The molecule has 4 heterocycles. The molecule has 1 aliphatic rings. The van der Waals surface area contributed by atoms with E-state index in [1.54, 1.807) is 12.1 Å². The Morgan fingerprint density at radius 1 is 1.04 bits per heavy atom. The van der Waals surface area contributed by atoms with E-state index in [0.717, 1.165) is 17.3 Å². The molecule has 0 spiro atoms. The molecule has 3 aromatic heterocycles. The fourth-order valence-electron chi connectivity index (χ4n) is 3.03. The van der Waals surface area contributed by atoms with Crippen molar-refractivity contribution in [2.45, 2.75) is 6.92 Å². The van der Waals surface area contributed by atoms with Gasteiger partial charge in [-0.2, -0.15) is 0 Å². The molecule has 1 fully saturated rings. The molecule has 144 valence electrons. The fraction of sp³-hybridized carbons (Fsp3) is 0.263. The summed E-state index contributed by atoms with van der Waals surface area (Å²) in [5.74, 6) is 2.22. The van der Waals surface area contributed by atoms with Crippen molar-refractivity contribution >= 4 is 46.3 Å². The molecule has 0 aromatic carbocycles. The van der Waals surface area contributed by atoms with Crippen molar-refractivity contribution in [2.24, 2.45) is 0 Å². The van der Waals surface area contributed by atoms with Crippen LogP contribution in [0.1, 0.15) is 15.4 Å². The number of hydrogen-bond acceptors (Lipinski definition) is 7. The van der Waals surface area contributed by atoms with Crippen LogP contribution >= 0.6 is 22.9 Å². The molecule has 1 N–H and O–H groups in total. The Balaban J connectivity index is 1.35. The summed E-state index contributed by atoms with van der Waals surface area (Å²) in [5, 5.41) is 11.7. The van der Waals surface area contributed by atoms with Crippen molar-refractivity contribution in [2.75, 3.05) is 36.4 Å². The highest BCUT2D eigenvalue weighted by molar-refractivity contribution is 7.17. The number of anilines is 3. The second kappa shape index (κ2) is 8.12. The zero-order valence-electron chi connectivity index (χ0n) is 15.3. The summed E-state index contributed by atoms with van der Waals surface area (Å²) in [6.45, 7) is 4.65. The lowest BCUT2D eigenvalue weighted by atomic mass is 10.3. The standard InChI is InChI=1S/C19H19ClN6OS/c1-13-3-2-4-16(21-13)22-17-7-8-18(24-23-17)25-9-11-26(12-10-25)19(27)14-5-6-15(20)28-14/h2-8H,9-12H2,1H3,(H,21,22,23). The highest BCUT2D eigenvalue weighted by Crippen LogP contribution is 2.24. The minimum atomic E-state index is 0.0350. The van der Waals surface area contributed by atoms with E-state index >= 15 is 0 Å². The summed E-state index contributed by atoms with van der Waals surface area (Å²) in [6, 6.07) is 13.1. The van der Waals surface area contributed by atoms with E-state index < -0.39 is 0 Å². The quantitative estimate of drug-likeness (QED) is 0.703. The third-order valence-corrected chi connectivity index (χ3v) is 5.69. The molecule has 9 heteroatoms. The number of rotatable bonds is 4. The van der Waals surface area contributed by atoms with E-state index in [4.69, 9.17) is 11.6 Å². The minimum absolute atomic E-state index is 0.0350. The van der Waals surface area contributed by atoms with Crippen LogP contribution in [0, 0.1) is 6.92 Å². The number of nitrogens with zero attached hydrogens (tertiary/aromatic N) is 5. The smallest absolute Gasteiger partial charge is 0.264 e. The summed E-state index contributed by atoms with van der Waals surface area (Å²) in [6.07, 6.45) is 0. The Kier molecular flexibility index (Phi) is 5.40. The summed E-state index contributed by atoms with van der Waals surface area (Å²) in [4.78, 5) is 21.6. The lowest BCUT2D eigenvalue weighted by molar-refractivity contribution is 0.0751. The molecule has 7 nitrogen and oxygen atoms in total. The molecule has 3 aromatic rings. The van der Waals surface area contributed by atoms with Crippen LogP contribution in [0.3, 0.4) is 0 Å². The van der Waals surface area contributed by atoms with Gasteiger partial charge in [-0.3, -0.25) is 4.79 Å². The number of carbonyl (C=O) groups is 1. The van der Waals surface area contributed by atoms with E-state index in [0.29, 0.717) is 41.2 Å². The number of aromatic nitrogens is 3. The van der Waals surface area contributed by atoms with E-state index in [1.165, 1.54) is 11.3 Å². The summed E-state index contributed by atoms with van der Waals surface area (Å²) >= 11 is 7.25. The first-order valence-corrected chi connectivity index (χ1v) is 10.1. The second-order valence-corrected chi connectivity index (χ2v) is 8.16. The van der Waals surface area contributed by atoms with Gasteiger partial charge in [0.2, 0.25) is 0 Å². The monoisotopic (exact) mass is 414 g/mol. The van der Waals surface area contributed by atoms with Gasteiger partial charge in [-0.15, -0.1) is 21.5 Å². The van der Waals surface area contributed by atoms with E-state index in [1.807, 2.05) is 42.2 Å². The summed E-state index contributed by atoms with van der Waals surface area (Å²) < 4.78 is 0.631. The van der Waals surface area contributed by atoms with Crippen LogP contribution in [0.4, 0.5) is 17.5 Å². The number of carbonyl (C=O) groups excluding carboxylic acids is 1. The second-order valence-electron chi connectivity index (χ2n) is 6.45. The number of halogens is 1. The number of thiophene rings is 1. The van der Waals surface area contributed by atoms with Gasteiger partial charge in [-0.1, -0.05) is 17.7 Å². The van der Waals surface area contributed by atoms with Crippen LogP contribution in [0.15, 0.2) is 42.5 Å². The molecule has 0 saturated carbocycles. The lowest BCUT2D eigenvalue weighted by Gasteiger charge is -2.35. The Hall–Kier alpha value is -2.71. The lowest BCUT2D eigenvalue weighted by Crippen LogP contribution is -2.48. The van der Waals surface area contributed by atoms with Crippen molar-refractivity contribution in [1.82, 2.24) is 20.1 Å². The van der Waals surface area contributed by atoms with Gasteiger partial charge in [0.05, 0.1) is 9.21 Å². The molecule has 4 rings (SSSR count). The molecular formula is C19H19ClN6OS. The molecule has 0 unspecified atom stereocenters.